The first kappa shape index (κ1) is 11.9. The first-order valence-electron chi connectivity index (χ1n) is 6.42. The summed E-state index contributed by atoms with van der Waals surface area (Å²) in [4.78, 5) is 4.26. The van der Waals surface area contributed by atoms with E-state index in [1.807, 2.05) is 12.4 Å². The molecular formula is C17H16N2. The van der Waals surface area contributed by atoms with Crippen molar-refractivity contribution in [3.05, 3.63) is 66.0 Å². The SMILES string of the molecule is Cc1cncc2cccc(-c3cccc(CN)c3)c12. The number of nitrogens with zero attached hydrogens (tertiary/aromatic N) is 1. The maximum absolute atomic E-state index is 5.73. The molecule has 0 aliphatic heterocycles. The van der Waals surface area contributed by atoms with E-state index in [4.69, 9.17) is 5.73 Å². The molecule has 0 amide bonds. The Kier molecular flexibility index (Phi) is 3.02. The zero-order valence-corrected chi connectivity index (χ0v) is 10.9. The number of aryl methyl sites for hydroxylation is 1. The third-order valence-electron chi connectivity index (χ3n) is 3.45. The number of hydrogen-bond donors (Lipinski definition) is 1. The third kappa shape index (κ3) is 2.11. The molecule has 0 saturated heterocycles. The smallest absolute Gasteiger partial charge is 0.0346 e. The molecule has 94 valence electrons. The summed E-state index contributed by atoms with van der Waals surface area (Å²) < 4.78 is 0. The van der Waals surface area contributed by atoms with E-state index in [-0.39, 0.29) is 0 Å². The van der Waals surface area contributed by atoms with Gasteiger partial charge in [0.25, 0.3) is 0 Å². The number of nitrogens with two attached hydrogens (primary N) is 1. The molecule has 0 saturated carbocycles. The number of pyridine rings is 1. The zero-order chi connectivity index (χ0) is 13.2. The monoisotopic (exact) mass is 248 g/mol. The summed E-state index contributed by atoms with van der Waals surface area (Å²) in [5, 5.41) is 2.45. The molecule has 0 aliphatic rings. The van der Waals surface area contributed by atoms with Crippen LogP contribution in [-0.2, 0) is 6.54 Å². The predicted molar refractivity (Wildman–Crippen MR) is 79.8 cm³/mol. The number of aromatic nitrogens is 1. The summed E-state index contributed by atoms with van der Waals surface area (Å²) >= 11 is 0. The average molecular weight is 248 g/mol. The topological polar surface area (TPSA) is 38.9 Å². The van der Waals surface area contributed by atoms with E-state index in [9.17, 15) is 0 Å². The van der Waals surface area contributed by atoms with Crippen molar-refractivity contribution in [2.45, 2.75) is 13.5 Å². The Morgan fingerprint density at radius 2 is 1.89 bits per heavy atom. The summed E-state index contributed by atoms with van der Waals surface area (Å²) in [6.45, 7) is 2.67. The first-order valence-corrected chi connectivity index (χ1v) is 6.42. The van der Waals surface area contributed by atoms with Gasteiger partial charge in [-0.05, 0) is 40.6 Å². The Balaban J connectivity index is 2.30. The van der Waals surface area contributed by atoms with Crippen LogP contribution in [0.4, 0.5) is 0 Å². The van der Waals surface area contributed by atoms with E-state index in [0.717, 1.165) is 5.56 Å². The van der Waals surface area contributed by atoms with Crippen molar-refractivity contribution in [2.24, 2.45) is 5.73 Å². The second-order valence-electron chi connectivity index (χ2n) is 4.76. The van der Waals surface area contributed by atoms with Gasteiger partial charge in [0, 0.05) is 24.3 Å². The summed E-state index contributed by atoms with van der Waals surface area (Å²) in [5.74, 6) is 0. The molecular weight excluding hydrogens is 232 g/mol. The second-order valence-corrected chi connectivity index (χ2v) is 4.76. The lowest BCUT2D eigenvalue weighted by Gasteiger charge is -2.10. The maximum atomic E-state index is 5.73. The number of benzene rings is 2. The van der Waals surface area contributed by atoms with Crippen LogP contribution in [0.1, 0.15) is 11.1 Å². The Morgan fingerprint density at radius 1 is 1.05 bits per heavy atom. The van der Waals surface area contributed by atoms with Crippen LogP contribution in [0.25, 0.3) is 21.9 Å². The predicted octanol–water partition coefficient (Wildman–Crippen LogP) is 3.67. The van der Waals surface area contributed by atoms with Crippen molar-refractivity contribution in [1.29, 1.82) is 0 Å². The van der Waals surface area contributed by atoms with E-state index in [1.165, 1.54) is 27.5 Å². The highest BCUT2D eigenvalue weighted by atomic mass is 14.6. The molecule has 0 atom stereocenters. The van der Waals surface area contributed by atoms with Crippen molar-refractivity contribution in [2.75, 3.05) is 0 Å². The van der Waals surface area contributed by atoms with Crippen LogP contribution in [-0.4, -0.2) is 4.98 Å². The standard InChI is InChI=1S/C17H16N2/c1-12-10-19-11-15-6-3-7-16(17(12)15)14-5-2-4-13(8-14)9-18/h2-8,10-11H,9,18H2,1H3. The summed E-state index contributed by atoms with van der Waals surface area (Å²) in [6, 6.07) is 14.8. The molecule has 1 heterocycles. The molecule has 3 rings (SSSR count). The van der Waals surface area contributed by atoms with Gasteiger partial charge in [-0.25, -0.2) is 0 Å². The van der Waals surface area contributed by atoms with Crippen molar-refractivity contribution < 1.29 is 0 Å². The van der Waals surface area contributed by atoms with Crippen molar-refractivity contribution in [3.8, 4) is 11.1 Å². The molecule has 3 aromatic rings. The molecule has 1 aromatic heterocycles. The van der Waals surface area contributed by atoms with Crippen LogP contribution in [0.2, 0.25) is 0 Å². The first-order chi connectivity index (χ1) is 9.29. The van der Waals surface area contributed by atoms with Gasteiger partial charge < -0.3 is 5.73 Å². The fourth-order valence-corrected chi connectivity index (χ4v) is 2.52. The minimum Gasteiger partial charge on any atom is -0.326 e. The Labute approximate surface area is 112 Å². The Morgan fingerprint density at radius 3 is 2.74 bits per heavy atom. The average Bonchev–Trinajstić information content (AvgIpc) is 2.47. The van der Waals surface area contributed by atoms with Gasteiger partial charge in [0.05, 0.1) is 0 Å². The molecule has 0 unspecified atom stereocenters. The maximum Gasteiger partial charge on any atom is 0.0346 e. The Bertz CT molecular complexity index is 727. The summed E-state index contributed by atoms with van der Waals surface area (Å²) in [7, 11) is 0. The molecule has 0 aliphatic carbocycles. The van der Waals surface area contributed by atoms with Crippen molar-refractivity contribution >= 4 is 10.8 Å². The van der Waals surface area contributed by atoms with E-state index in [1.54, 1.807) is 0 Å². The lowest BCUT2D eigenvalue weighted by atomic mass is 9.96. The highest BCUT2D eigenvalue weighted by molar-refractivity contribution is 5.98. The second kappa shape index (κ2) is 4.82. The van der Waals surface area contributed by atoms with Crippen LogP contribution >= 0.6 is 0 Å². The minimum absolute atomic E-state index is 0.569. The van der Waals surface area contributed by atoms with Crippen LogP contribution in [0.15, 0.2) is 54.9 Å². The molecule has 2 aromatic carbocycles. The molecule has 0 fully saturated rings. The summed E-state index contributed by atoms with van der Waals surface area (Å²) in [6.07, 6.45) is 3.83. The van der Waals surface area contributed by atoms with Crippen molar-refractivity contribution in [3.63, 3.8) is 0 Å². The number of rotatable bonds is 2. The Hall–Kier alpha value is -2.19. The van der Waals surface area contributed by atoms with E-state index >= 15 is 0 Å². The molecule has 2 nitrogen and oxygen atoms in total. The van der Waals surface area contributed by atoms with Gasteiger partial charge in [0.1, 0.15) is 0 Å². The minimum atomic E-state index is 0.569. The van der Waals surface area contributed by atoms with E-state index in [2.05, 4.69) is 54.4 Å². The molecule has 0 spiro atoms. The number of fused-ring (bicyclic) bond motifs is 1. The molecule has 0 bridgehead atoms. The van der Waals surface area contributed by atoms with Gasteiger partial charge in [-0.15, -0.1) is 0 Å². The van der Waals surface area contributed by atoms with E-state index < -0.39 is 0 Å². The fourth-order valence-electron chi connectivity index (χ4n) is 2.52. The molecule has 2 heteroatoms. The van der Waals surface area contributed by atoms with Gasteiger partial charge in [-0.2, -0.15) is 0 Å². The van der Waals surface area contributed by atoms with Crippen LogP contribution in [0.5, 0.6) is 0 Å². The lowest BCUT2D eigenvalue weighted by molar-refractivity contribution is 1.07. The van der Waals surface area contributed by atoms with E-state index in [0.29, 0.717) is 6.54 Å². The highest BCUT2D eigenvalue weighted by Crippen LogP contribution is 2.30. The fraction of sp³-hybridized carbons (Fsp3) is 0.118. The zero-order valence-electron chi connectivity index (χ0n) is 10.9. The highest BCUT2D eigenvalue weighted by Gasteiger charge is 2.06. The third-order valence-corrected chi connectivity index (χ3v) is 3.45. The lowest BCUT2D eigenvalue weighted by Crippen LogP contribution is -1.96. The largest absolute Gasteiger partial charge is 0.326 e. The number of hydrogen-bond acceptors (Lipinski definition) is 2. The molecule has 0 radical (unpaired) electrons. The van der Waals surface area contributed by atoms with Gasteiger partial charge in [-0.1, -0.05) is 36.4 Å². The van der Waals surface area contributed by atoms with Crippen LogP contribution in [0, 0.1) is 6.92 Å². The van der Waals surface area contributed by atoms with Gasteiger partial charge in [-0.3, -0.25) is 4.98 Å². The quantitative estimate of drug-likeness (QED) is 0.751. The van der Waals surface area contributed by atoms with Gasteiger partial charge in [0.2, 0.25) is 0 Å². The van der Waals surface area contributed by atoms with Gasteiger partial charge in [0.15, 0.2) is 0 Å². The van der Waals surface area contributed by atoms with Crippen LogP contribution < -0.4 is 5.73 Å². The van der Waals surface area contributed by atoms with Gasteiger partial charge >= 0.3 is 0 Å². The normalized spacial score (nSPS) is 10.8. The summed E-state index contributed by atoms with van der Waals surface area (Å²) in [5.41, 5.74) is 10.5. The van der Waals surface area contributed by atoms with Crippen LogP contribution in [0.3, 0.4) is 0 Å². The molecule has 19 heavy (non-hydrogen) atoms. The van der Waals surface area contributed by atoms with Crippen molar-refractivity contribution in [1.82, 2.24) is 4.98 Å². The molecule has 2 N–H and O–H groups in total.